The predicted molar refractivity (Wildman–Crippen MR) is 82.5 cm³/mol. The molecule has 0 atom stereocenters. The van der Waals surface area contributed by atoms with E-state index in [-0.39, 0.29) is 12.5 Å². The lowest BCUT2D eigenvalue weighted by molar-refractivity contribution is -0.123. The van der Waals surface area contributed by atoms with Crippen LogP contribution >= 0.6 is 0 Å². The number of H-pyrrole nitrogens is 1. The van der Waals surface area contributed by atoms with Crippen LogP contribution in [0.5, 0.6) is 5.75 Å². The standard InChI is InChI=1S/C17H16N2O2/c20-17(18-11-5-6-11)10-21-12-7-8-14-13-3-1-2-4-15(13)19-16(14)9-12/h1-4,7-9,11,19H,5-6,10H2,(H,18,20). The van der Waals surface area contributed by atoms with Crippen LogP contribution in [0.25, 0.3) is 21.8 Å². The first-order chi connectivity index (χ1) is 10.3. The van der Waals surface area contributed by atoms with Crippen molar-refractivity contribution in [2.45, 2.75) is 18.9 Å². The molecule has 21 heavy (non-hydrogen) atoms. The molecule has 2 aromatic carbocycles. The van der Waals surface area contributed by atoms with Crippen LogP contribution in [0.3, 0.4) is 0 Å². The zero-order valence-corrected chi connectivity index (χ0v) is 11.6. The highest BCUT2D eigenvalue weighted by molar-refractivity contribution is 6.07. The van der Waals surface area contributed by atoms with Gasteiger partial charge in [-0.15, -0.1) is 0 Å². The van der Waals surface area contributed by atoms with E-state index in [1.165, 1.54) is 10.8 Å². The van der Waals surface area contributed by atoms with Crippen LogP contribution in [0.4, 0.5) is 0 Å². The third kappa shape index (κ3) is 2.44. The molecular formula is C17H16N2O2. The van der Waals surface area contributed by atoms with E-state index in [2.05, 4.69) is 22.4 Å². The van der Waals surface area contributed by atoms with Crippen LogP contribution in [0.1, 0.15) is 12.8 Å². The Morgan fingerprint density at radius 3 is 2.81 bits per heavy atom. The van der Waals surface area contributed by atoms with Crippen LogP contribution in [-0.4, -0.2) is 23.5 Å². The Kier molecular flexibility index (Phi) is 2.81. The maximum Gasteiger partial charge on any atom is 0.258 e. The molecule has 4 rings (SSSR count). The molecule has 3 aromatic rings. The zero-order valence-electron chi connectivity index (χ0n) is 11.6. The quantitative estimate of drug-likeness (QED) is 0.772. The summed E-state index contributed by atoms with van der Waals surface area (Å²) < 4.78 is 5.57. The number of rotatable bonds is 4. The van der Waals surface area contributed by atoms with Gasteiger partial charge in [-0.1, -0.05) is 18.2 Å². The van der Waals surface area contributed by atoms with Gasteiger partial charge in [-0.25, -0.2) is 0 Å². The van der Waals surface area contributed by atoms with Crippen LogP contribution in [0.2, 0.25) is 0 Å². The molecule has 0 radical (unpaired) electrons. The van der Waals surface area contributed by atoms with Gasteiger partial charge in [0.15, 0.2) is 6.61 Å². The minimum absolute atomic E-state index is 0.0470. The Hall–Kier alpha value is -2.49. The van der Waals surface area contributed by atoms with E-state index >= 15 is 0 Å². The second kappa shape index (κ2) is 4.81. The van der Waals surface area contributed by atoms with E-state index in [1.54, 1.807) is 0 Å². The summed E-state index contributed by atoms with van der Waals surface area (Å²) in [6.07, 6.45) is 2.18. The van der Waals surface area contributed by atoms with Gasteiger partial charge >= 0.3 is 0 Å². The summed E-state index contributed by atoms with van der Waals surface area (Å²) in [6, 6.07) is 14.4. The number of fused-ring (bicyclic) bond motifs is 3. The minimum Gasteiger partial charge on any atom is -0.484 e. The SMILES string of the molecule is O=C(COc1ccc2c(c1)[nH]c1ccccc12)NC1CC1. The number of aromatic nitrogens is 1. The lowest BCUT2D eigenvalue weighted by Crippen LogP contribution is -2.30. The Bertz CT molecular complexity index is 818. The van der Waals surface area contributed by atoms with Crippen molar-refractivity contribution in [1.29, 1.82) is 0 Å². The first kappa shape index (κ1) is 12.3. The second-order valence-corrected chi connectivity index (χ2v) is 5.51. The molecule has 0 unspecified atom stereocenters. The van der Waals surface area contributed by atoms with Crippen molar-refractivity contribution in [3.8, 4) is 5.75 Å². The molecule has 106 valence electrons. The van der Waals surface area contributed by atoms with Crippen molar-refractivity contribution in [2.75, 3.05) is 6.61 Å². The average Bonchev–Trinajstić information content (AvgIpc) is 3.23. The van der Waals surface area contributed by atoms with Gasteiger partial charge in [0.25, 0.3) is 5.91 Å². The number of amides is 1. The summed E-state index contributed by atoms with van der Waals surface area (Å²) in [6.45, 7) is 0.0717. The maximum absolute atomic E-state index is 11.6. The molecule has 1 fully saturated rings. The van der Waals surface area contributed by atoms with Crippen LogP contribution < -0.4 is 10.1 Å². The molecule has 1 aliphatic carbocycles. The highest BCUT2D eigenvalue weighted by atomic mass is 16.5. The van der Waals surface area contributed by atoms with Gasteiger partial charge in [-0.2, -0.15) is 0 Å². The largest absolute Gasteiger partial charge is 0.484 e. The van der Waals surface area contributed by atoms with Gasteiger partial charge in [0.05, 0.1) is 5.52 Å². The molecule has 1 aromatic heterocycles. The summed E-state index contributed by atoms with van der Waals surface area (Å²) in [5.74, 6) is 0.661. The van der Waals surface area contributed by atoms with Crippen molar-refractivity contribution < 1.29 is 9.53 Å². The zero-order chi connectivity index (χ0) is 14.2. The average molecular weight is 280 g/mol. The Morgan fingerprint density at radius 1 is 1.14 bits per heavy atom. The van der Waals surface area contributed by atoms with Crippen molar-refractivity contribution in [3.05, 3.63) is 42.5 Å². The number of carbonyl (C=O) groups is 1. The summed E-state index contributed by atoms with van der Waals surface area (Å²) in [5, 5.41) is 5.28. The number of carbonyl (C=O) groups excluding carboxylic acids is 1. The van der Waals surface area contributed by atoms with Crippen molar-refractivity contribution in [3.63, 3.8) is 0 Å². The van der Waals surface area contributed by atoms with Gasteiger partial charge < -0.3 is 15.0 Å². The van der Waals surface area contributed by atoms with E-state index in [4.69, 9.17) is 4.74 Å². The summed E-state index contributed by atoms with van der Waals surface area (Å²) >= 11 is 0. The molecule has 2 N–H and O–H groups in total. The molecular weight excluding hydrogens is 264 g/mol. The number of hydrogen-bond acceptors (Lipinski definition) is 2. The number of nitrogens with one attached hydrogen (secondary N) is 2. The van der Waals surface area contributed by atoms with Crippen molar-refractivity contribution in [1.82, 2.24) is 10.3 Å². The predicted octanol–water partition coefficient (Wildman–Crippen LogP) is 2.98. The highest BCUT2D eigenvalue weighted by Crippen LogP contribution is 2.28. The summed E-state index contributed by atoms with van der Waals surface area (Å²) in [7, 11) is 0. The Labute approximate surface area is 122 Å². The molecule has 0 bridgehead atoms. The van der Waals surface area contributed by atoms with E-state index < -0.39 is 0 Å². The molecule has 1 amide bonds. The molecule has 0 saturated heterocycles. The number of para-hydroxylation sites is 1. The third-order valence-corrected chi connectivity index (χ3v) is 3.79. The van der Waals surface area contributed by atoms with Crippen molar-refractivity contribution >= 4 is 27.7 Å². The second-order valence-electron chi connectivity index (χ2n) is 5.51. The van der Waals surface area contributed by atoms with E-state index in [0.717, 1.165) is 23.9 Å². The minimum atomic E-state index is -0.0470. The number of hydrogen-bond donors (Lipinski definition) is 2. The molecule has 1 heterocycles. The van der Waals surface area contributed by atoms with Crippen LogP contribution in [0.15, 0.2) is 42.5 Å². The molecule has 4 nitrogen and oxygen atoms in total. The lowest BCUT2D eigenvalue weighted by atomic mass is 10.1. The number of benzene rings is 2. The molecule has 0 aliphatic heterocycles. The smallest absolute Gasteiger partial charge is 0.258 e. The van der Waals surface area contributed by atoms with Gasteiger partial charge in [-0.05, 0) is 31.0 Å². The van der Waals surface area contributed by atoms with Gasteiger partial charge in [-0.3, -0.25) is 4.79 Å². The molecule has 0 spiro atoms. The lowest BCUT2D eigenvalue weighted by Gasteiger charge is -2.06. The van der Waals surface area contributed by atoms with Crippen LogP contribution in [-0.2, 0) is 4.79 Å². The fraction of sp³-hybridized carbons (Fsp3) is 0.235. The Morgan fingerprint density at radius 2 is 1.95 bits per heavy atom. The van der Waals surface area contributed by atoms with E-state index in [9.17, 15) is 4.79 Å². The van der Waals surface area contributed by atoms with Gasteiger partial charge in [0.2, 0.25) is 0 Å². The van der Waals surface area contributed by atoms with Gasteiger partial charge in [0, 0.05) is 28.4 Å². The highest BCUT2D eigenvalue weighted by Gasteiger charge is 2.23. The fourth-order valence-corrected chi connectivity index (χ4v) is 2.57. The third-order valence-electron chi connectivity index (χ3n) is 3.79. The topological polar surface area (TPSA) is 54.1 Å². The van der Waals surface area contributed by atoms with E-state index in [0.29, 0.717) is 11.8 Å². The monoisotopic (exact) mass is 280 g/mol. The molecule has 1 saturated carbocycles. The summed E-state index contributed by atoms with van der Waals surface area (Å²) in [5.41, 5.74) is 2.13. The van der Waals surface area contributed by atoms with Crippen molar-refractivity contribution in [2.24, 2.45) is 0 Å². The first-order valence-electron chi connectivity index (χ1n) is 7.22. The maximum atomic E-state index is 11.6. The fourth-order valence-electron chi connectivity index (χ4n) is 2.57. The molecule has 4 heteroatoms. The summed E-state index contributed by atoms with van der Waals surface area (Å²) in [4.78, 5) is 15.0. The number of aromatic amines is 1. The normalized spacial score (nSPS) is 14.5. The Balaban J connectivity index is 1.55. The first-order valence-corrected chi connectivity index (χ1v) is 7.22. The number of ether oxygens (including phenoxy) is 1. The molecule has 1 aliphatic rings. The van der Waals surface area contributed by atoms with Gasteiger partial charge in [0.1, 0.15) is 5.75 Å². The van der Waals surface area contributed by atoms with E-state index in [1.807, 2.05) is 30.3 Å². The van der Waals surface area contributed by atoms with Crippen LogP contribution in [0, 0.1) is 0 Å².